The van der Waals surface area contributed by atoms with Crippen molar-refractivity contribution in [2.24, 2.45) is 11.8 Å². The summed E-state index contributed by atoms with van der Waals surface area (Å²) in [7, 11) is 0. The monoisotopic (exact) mass is 253 g/mol. The van der Waals surface area contributed by atoms with Crippen molar-refractivity contribution in [3.63, 3.8) is 0 Å². The van der Waals surface area contributed by atoms with E-state index < -0.39 is 5.97 Å². The number of hydrogen-bond donors (Lipinski definition) is 2. The summed E-state index contributed by atoms with van der Waals surface area (Å²) >= 11 is 0. The summed E-state index contributed by atoms with van der Waals surface area (Å²) in [4.78, 5) is 22.4. The fourth-order valence-corrected chi connectivity index (χ4v) is 1.51. The van der Waals surface area contributed by atoms with Crippen LogP contribution in [0, 0.1) is 11.8 Å². The molecule has 0 saturated carbocycles. The van der Waals surface area contributed by atoms with Crippen LogP contribution >= 0.6 is 0 Å². The fraction of sp³-hybridized carbons (Fsp3) is 0.583. The minimum absolute atomic E-state index is 0.0927. The Balaban J connectivity index is 2.59. The second-order valence-corrected chi connectivity index (χ2v) is 4.46. The lowest BCUT2D eigenvalue weighted by Gasteiger charge is -2.16. The molecule has 1 aromatic heterocycles. The van der Waals surface area contributed by atoms with Crippen molar-refractivity contribution < 1.29 is 14.7 Å². The molecule has 0 spiro atoms. The van der Waals surface area contributed by atoms with Crippen LogP contribution in [0.2, 0.25) is 0 Å². The number of aromatic nitrogens is 2. The average Bonchev–Trinajstić information content (AvgIpc) is 2.73. The van der Waals surface area contributed by atoms with E-state index >= 15 is 0 Å². The number of carbonyl (C=O) groups is 2. The zero-order valence-corrected chi connectivity index (χ0v) is 10.9. The molecule has 1 aromatic rings. The number of carboxylic acids is 1. The van der Waals surface area contributed by atoms with Gasteiger partial charge in [-0.1, -0.05) is 27.2 Å². The van der Waals surface area contributed by atoms with E-state index in [1.54, 1.807) is 6.07 Å². The third-order valence-corrected chi connectivity index (χ3v) is 3.10. The van der Waals surface area contributed by atoms with Crippen molar-refractivity contribution in [3.8, 4) is 0 Å². The van der Waals surface area contributed by atoms with Crippen LogP contribution in [0.25, 0.3) is 0 Å². The lowest BCUT2D eigenvalue weighted by atomic mass is 9.93. The summed E-state index contributed by atoms with van der Waals surface area (Å²) in [5.74, 6) is -0.476. The van der Waals surface area contributed by atoms with E-state index in [9.17, 15) is 9.59 Å². The van der Waals surface area contributed by atoms with Crippen LogP contribution in [-0.2, 0) is 16.1 Å². The predicted molar refractivity (Wildman–Crippen MR) is 67.1 cm³/mol. The van der Waals surface area contributed by atoms with Crippen molar-refractivity contribution in [1.82, 2.24) is 9.78 Å². The maximum atomic E-state index is 11.9. The Hall–Kier alpha value is -1.85. The van der Waals surface area contributed by atoms with Gasteiger partial charge in [0, 0.05) is 18.2 Å². The Bertz CT molecular complexity index is 428. The molecule has 0 saturated heterocycles. The summed E-state index contributed by atoms with van der Waals surface area (Å²) < 4.78 is 1.27. The summed E-state index contributed by atoms with van der Waals surface area (Å²) in [5, 5.41) is 15.3. The highest BCUT2D eigenvalue weighted by Gasteiger charge is 2.19. The topological polar surface area (TPSA) is 84.2 Å². The number of nitrogens with one attached hydrogen (secondary N) is 1. The van der Waals surface area contributed by atoms with Crippen LogP contribution in [0.1, 0.15) is 27.2 Å². The van der Waals surface area contributed by atoms with Crippen LogP contribution in [0.15, 0.2) is 12.3 Å². The van der Waals surface area contributed by atoms with E-state index in [0.717, 1.165) is 6.42 Å². The average molecular weight is 253 g/mol. The third kappa shape index (κ3) is 3.87. The van der Waals surface area contributed by atoms with Gasteiger partial charge in [-0.15, -0.1) is 0 Å². The van der Waals surface area contributed by atoms with Gasteiger partial charge < -0.3 is 10.4 Å². The molecule has 18 heavy (non-hydrogen) atoms. The number of rotatable bonds is 6. The zero-order chi connectivity index (χ0) is 13.7. The summed E-state index contributed by atoms with van der Waals surface area (Å²) in [5.41, 5.74) is 0. The van der Waals surface area contributed by atoms with Gasteiger partial charge in [0.2, 0.25) is 5.91 Å². The number of anilines is 1. The molecule has 2 atom stereocenters. The van der Waals surface area contributed by atoms with E-state index in [0.29, 0.717) is 11.7 Å². The molecule has 0 radical (unpaired) electrons. The Morgan fingerprint density at radius 3 is 2.72 bits per heavy atom. The predicted octanol–water partition coefficient (Wildman–Crippen LogP) is 1.59. The minimum atomic E-state index is -0.969. The molecule has 1 heterocycles. The molecule has 6 nitrogen and oxygen atoms in total. The maximum absolute atomic E-state index is 11.9. The van der Waals surface area contributed by atoms with Gasteiger partial charge in [0.25, 0.3) is 0 Å². The lowest BCUT2D eigenvalue weighted by molar-refractivity contribution is -0.137. The molecule has 0 aromatic carbocycles. The molecule has 2 unspecified atom stereocenters. The van der Waals surface area contributed by atoms with Crippen LogP contribution in [-0.4, -0.2) is 26.8 Å². The minimum Gasteiger partial charge on any atom is -0.480 e. The smallest absolute Gasteiger partial charge is 0.325 e. The van der Waals surface area contributed by atoms with Gasteiger partial charge >= 0.3 is 5.97 Å². The van der Waals surface area contributed by atoms with Crippen molar-refractivity contribution in [2.45, 2.75) is 33.7 Å². The summed E-state index contributed by atoms with van der Waals surface area (Å²) in [6.45, 7) is 5.72. The van der Waals surface area contributed by atoms with E-state index in [2.05, 4.69) is 10.4 Å². The van der Waals surface area contributed by atoms with E-state index in [1.807, 2.05) is 20.8 Å². The van der Waals surface area contributed by atoms with Crippen molar-refractivity contribution >= 4 is 17.7 Å². The Morgan fingerprint density at radius 1 is 1.50 bits per heavy atom. The Labute approximate surface area is 106 Å². The molecule has 0 aliphatic heterocycles. The highest BCUT2D eigenvalue weighted by Crippen LogP contribution is 2.16. The molecule has 100 valence electrons. The molecular formula is C12H19N3O3. The number of aliphatic carboxylic acids is 1. The van der Waals surface area contributed by atoms with E-state index in [1.165, 1.54) is 10.9 Å². The molecule has 6 heteroatoms. The number of nitrogens with zero attached hydrogens (tertiary/aromatic N) is 2. The Morgan fingerprint density at radius 2 is 2.17 bits per heavy atom. The van der Waals surface area contributed by atoms with Crippen molar-refractivity contribution in [1.29, 1.82) is 0 Å². The molecule has 0 aliphatic carbocycles. The van der Waals surface area contributed by atoms with Crippen LogP contribution in [0.4, 0.5) is 5.82 Å². The first-order valence-electron chi connectivity index (χ1n) is 6.00. The number of amides is 1. The van der Waals surface area contributed by atoms with Gasteiger partial charge in [-0.25, -0.2) is 0 Å². The van der Waals surface area contributed by atoms with Gasteiger partial charge in [-0.2, -0.15) is 5.10 Å². The van der Waals surface area contributed by atoms with Gasteiger partial charge in [0.15, 0.2) is 5.82 Å². The molecule has 1 amide bonds. The first-order chi connectivity index (χ1) is 8.43. The van der Waals surface area contributed by atoms with E-state index in [-0.39, 0.29) is 18.4 Å². The number of carbonyl (C=O) groups excluding carboxylic acids is 1. The van der Waals surface area contributed by atoms with Crippen molar-refractivity contribution in [2.75, 3.05) is 5.32 Å². The molecule has 0 aliphatic rings. The second kappa shape index (κ2) is 6.18. The van der Waals surface area contributed by atoms with Gasteiger partial charge in [0.1, 0.15) is 6.54 Å². The summed E-state index contributed by atoms with van der Waals surface area (Å²) in [6, 6.07) is 1.59. The van der Waals surface area contributed by atoms with E-state index in [4.69, 9.17) is 5.11 Å². The standard InChI is InChI=1S/C12H19N3O3/c1-4-8(2)9(3)12(18)13-10-5-6-15(14-10)7-11(16)17/h5-6,8-9H,4,7H2,1-3H3,(H,16,17)(H,13,14,18). The summed E-state index contributed by atoms with van der Waals surface area (Å²) in [6.07, 6.45) is 2.46. The molecule has 0 fully saturated rings. The quantitative estimate of drug-likeness (QED) is 0.806. The zero-order valence-electron chi connectivity index (χ0n) is 10.9. The maximum Gasteiger partial charge on any atom is 0.325 e. The lowest BCUT2D eigenvalue weighted by Crippen LogP contribution is -2.25. The van der Waals surface area contributed by atoms with Gasteiger partial charge in [0.05, 0.1) is 0 Å². The van der Waals surface area contributed by atoms with Gasteiger partial charge in [-0.3, -0.25) is 14.3 Å². The highest BCUT2D eigenvalue weighted by molar-refractivity contribution is 5.91. The normalized spacial score (nSPS) is 13.9. The van der Waals surface area contributed by atoms with Crippen LogP contribution in [0.5, 0.6) is 0 Å². The Kier molecular flexibility index (Phi) is 4.88. The second-order valence-electron chi connectivity index (χ2n) is 4.46. The number of carboxylic acid groups (broad SMARTS) is 1. The largest absolute Gasteiger partial charge is 0.480 e. The number of hydrogen-bond acceptors (Lipinski definition) is 3. The first-order valence-corrected chi connectivity index (χ1v) is 6.00. The molecule has 1 rings (SSSR count). The third-order valence-electron chi connectivity index (χ3n) is 3.10. The molecule has 2 N–H and O–H groups in total. The van der Waals surface area contributed by atoms with Crippen LogP contribution < -0.4 is 5.32 Å². The molecule has 0 bridgehead atoms. The first kappa shape index (κ1) is 14.2. The SMILES string of the molecule is CCC(C)C(C)C(=O)Nc1ccn(CC(=O)O)n1. The van der Waals surface area contributed by atoms with Crippen LogP contribution in [0.3, 0.4) is 0 Å². The van der Waals surface area contributed by atoms with Gasteiger partial charge in [-0.05, 0) is 5.92 Å². The fourth-order valence-electron chi connectivity index (χ4n) is 1.51. The van der Waals surface area contributed by atoms with Crippen molar-refractivity contribution in [3.05, 3.63) is 12.3 Å². The highest BCUT2D eigenvalue weighted by atomic mass is 16.4. The molecular weight excluding hydrogens is 234 g/mol.